The summed E-state index contributed by atoms with van der Waals surface area (Å²) in [6.45, 7) is 1.89. The Morgan fingerprint density at radius 1 is 1.50 bits per heavy atom. The Bertz CT molecular complexity index is 489. The third-order valence-corrected chi connectivity index (χ3v) is 2.91. The highest BCUT2D eigenvalue weighted by molar-refractivity contribution is 6.33. The van der Waals surface area contributed by atoms with E-state index < -0.39 is 0 Å². The van der Waals surface area contributed by atoms with Crippen molar-refractivity contribution in [1.29, 1.82) is 0 Å². The molecule has 0 fully saturated rings. The van der Waals surface area contributed by atoms with Gasteiger partial charge in [0.05, 0.1) is 16.4 Å². The van der Waals surface area contributed by atoms with Crippen LogP contribution >= 0.6 is 11.6 Å². The fourth-order valence-corrected chi connectivity index (χ4v) is 2.14. The topological polar surface area (TPSA) is 29.3 Å². The normalized spacial score (nSPS) is 15.8. The minimum atomic E-state index is 0.724. The molecule has 1 aliphatic rings. The van der Waals surface area contributed by atoms with Crippen molar-refractivity contribution in [2.75, 3.05) is 6.54 Å². The van der Waals surface area contributed by atoms with Crippen LogP contribution in [-0.2, 0) is 13.0 Å². The van der Waals surface area contributed by atoms with E-state index in [1.165, 1.54) is 11.4 Å². The summed E-state index contributed by atoms with van der Waals surface area (Å²) in [5.41, 5.74) is 3.30. The molecular weight excluding hydrogens is 198 g/mol. The second-order valence-corrected chi connectivity index (χ2v) is 3.89. The van der Waals surface area contributed by atoms with E-state index in [-0.39, 0.29) is 0 Å². The lowest BCUT2D eigenvalue weighted by Gasteiger charge is -2.11. The lowest BCUT2D eigenvalue weighted by Crippen LogP contribution is -2.24. The molecule has 0 radical (unpaired) electrons. The summed E-state index contributed by atoms with van der Waals surface area (Å²) >= 11 is 6.07. The van der Waals surface area contributed by atoms with E-state index in [1.807, 2.05) is 18.3 Å². The van der Waals surface area contributed by atoms with Crippen LogP contribution in [0.15, 0.2) is 18.3 Å². The number of hydrogen-bond donors (Lipinski definition) is 1. The average molecular weight is 208 g/mol. The molecule has 3 heterocycles. The van der Waals surface area contributed by atoms with Crippen molar-refractivity contribution in [3.63, 3.8) is 0 Å². The minimum absolute atomic E-state index is 0.724. The summed E-state index contributed by atoms with van der Waals surface area (Å²) in [4.78, 5) is 4.54. The molecule has 0 spiro atoms. The van der Waals surface area contributed by atoms with E-state index in [0.29, 0.717) is 0 Å². The molecule has 2 aromatic rings. The van der Waals surface area contributed by atoms with E-state index in [2.05, 4.69) is 14.7 Å². The standard InChI is InChI=1S/C10H10ClN3/c11-7-2-1-5-14-9-6-12-4-3-8(9)13-10(7)14/h1-2,5,12H,3-4,6H2. The SMILES string of the molecule is Clc1cccn2c3c(nc12)CCNC3. The molecule has 0 amide bonds. The van der Waals surface area contributed by atoms with Gasteiger partial charge in [-0.15, -0.1) is 0 Å². The summed E-state index contributed by atoms with van der Waals surface area (Å²) in [6.07, 6.45) is 3.01. The number of imidazole rings is 1. The number of rotatable bonds is 0. The van der Waals surface area contributed by atoms with Crippen LogP contribution in [-0.4, -0.2) is 15.9 Å². The molecule has 3 nitrogen and oxygen atoms in total. The van der Waals surface area contributed by atoms with Crippen LogP contribution in [0.2, 0.25) is 5.02 Å². The molecule has 0 aliphatic carbocycles. The summed E-state index contributed by atoms with van der Waals surface area (Å²) < 4.78 is 2.07. The highest BCUT2D eigenvalue weighted by Crippen LogP contribution is 2.21. The van der Waals surface area contributed by atoms with Crippen molar-refractivity contribution in [3.05, 3.63) is 34.7 Å². The zero-order chi connectivity index (χ0) is 9.54. The maximum Gasteiger partial charge on any atom is 0.156 e. The van der Waals surface area contributed by atoms with Crippen molar-refractivity contribution in [2.24, 2.45) is 0 Å². The van der Waals surface area contributed by atoms with Gasteiger partial charge in [0.15, 0.2) is 5.65 Å². The zero-order valence-electron chi connectivity index (χ0n) is 7.63. The third-order valence-electron chi connectivity index (χ3n) is 2.62. The molecule has 1 aliphatic heterocycles. The predicted octanol–water partition coefficient (Wildman–Crippen LogP) is 1.63. The molecule has 3 rings (SSSR count). The van der Waals surface area contributed by atoms with Gasteiger partial charge in [0, 0.05) is 25.7 Å². The number of halogens is 1. The second-order valence-electron chi connectivity index (χ2n) is 3.48. The summed E-state index contributed by atoms with van der Waals surface area (Å²) in [7, 11) is 0. The van der Waals surface area contributed by atoms with E-state index in [9.17, 15) is 0 Å². The molecule has 0 saturated heterocycles. The van der Waals surface area contributed by atoms with Crippen LogP contribution in [0, 0.1) is 0 Å². The van der Waals surface area contributed by atoms with Crippen LogP contribution in [0.1, 0.15) is 11.4 Å². The first kappa shape index (κ1) is 8.26. The largest absolute Gasteiger partial charge is 0.311 e. The fraction of sp³-hybridized carbons (Fsp3) is 0.300. The number of fused-ring (bicyclic) bond motifs is 3. The molecule has 0 aromatic carbocycles. The van der Waals surface area contributed by atoms with Crippen LogP contribution in [0.25, 0.3) is 5.65 Å². The van der Waals surface area contributed by atoms with Gasteiger partial charge in [-0.2, -0.15) is 0 Å². The first-order valence-electron chi connectivity index (χ1n) is 4.71. The van der Waals surface area contributed by atoms with Gasteiger partial charge in [-0.05, 0) is 12.1 Å². The van der Waals surface area contributed by atoms with Gasteiger partial charge < -0.3 is 9.72 Å². The van der Waals surface area contributed by atoms with Crippen LogP contribution in [0.5, 0.6) is 0 Å². The molecule has 0 bridgehead atoms. The first-order chi connectivity index (χ1) is 6.86. The van der Waals surface area contributed by atoms with Crippen molar-refractivity contribution >= 4 is 17.2 Å². The lowest BCUT2D eigenvalue weighted by molar-refractivity contribution is 0.621. The Morgan fingerprint density at radius 2 is 2.43 bits per heavy atom. The zero-order valence-corrected chi connectivity index (χ0v) is 8.38. The molecule has 0 saturated carbocycles. The van der Waals surface area contributed by atoms with Crippen molar-refractivity contribution in [2.45, 2.75) is 13.0 Å². The van der Waals surface area contributed by atoms with E-state index in [4.69, 9.17) is 11.6 Å². The van der Waals surface area contributed by atoms with Crippen LogP contribution in [0.4, 0.5) is 0 Å². The van der Waals surface area contributed by atoms with Crippen molar-refractivity contribution in [3.8, 4) is 0 Å². The van der Waals surface area contributed by atoms with Gasteiger partial charge in [-0.25, -0.2) is 4.98 Å². The quantitative estimate of drug-likeness (QED) is 0.712. The Morgan fingerprint density at radius 3 is 3.36 bits per heavy atom. The van der Waals surface area contributed by atoms with Crippen molar-refractivity contribution < 1.29 is 0 Å². The molecular formula is C10H10ClN3. The van der Waals surface area contributed by atoms with E-state index >= 15 is 0 Å². The van der Waals surface area contributed by atoms with E-state index in [0.717, 1.165) is 30.2 Å². The Balaban J connectivity index is 2.36. The van der Waals surface area contributed by atoms with Crippen LogP contribution in [0.3, 0.4) is 0 Å². The van der Waals surface area contributed by atoms with Gasteiger partial charge in [-0.1, -0.05) is 11.6 Å². The minimum Gasteiger partial charge on any atom is -0.311 e. The number of pyridine rings is 1. The number of hydrogen-bond acceptors (Lipinski definition) is 2. The Kier molecular flexibility index (Phi) is 1.75. The molecule has 14 heavy (non-hydrogen) atoms. The molecule has 4 heteroatoms. The highest BCUT2D eigenvalue weighted by atomic mass is 35.5. The van der Waals surface area contributed by atoms with Gasteiger partial charge in [0.1, 0.15) is 0 Å². The number of aromatic nitrogens is 2. The maximum absolute atomic E-state index is 6.07. The fourth-order valence-electron chi connectivity index (χ4n) is 1.93. The second kappa shape index (κ2) is 2.97. The van der Waals surface area contributed by atoms with Gasteiger partial charge in [-0.3, -0.25) is 0 Å². The van der Waals surface area contributed by atoms with Crippen LogP contribution < -0.4 is 5.32 Å². The number of nitrogens with zero attached hydrogens (tertiary/aromatic N) is 2. The summed E-state index contributed by atoms with van der Waals surface area (Å²) in [5.74, 6) is 0. The Hall–Kier alpha value is -1.06. The Labute approximate surface area is 86.7 Å². The third kappa shape index (κ3) is 1.06. The molecule has 0 atom stereocenters. The van der Waals surface area contributed by atoms with E-state index in [1.54, 1.807) is 0 Å². The average Bonchev–Trinajstić information content (AvgIpc) is 2.59. The monoisotopic (exact) mass is 207 g/mol. The maximum atomic E-state index is 6.07. The first-order valence-corrected chi connectivity index (χ1v) is 5.09. The predicted molar refractivity (Wildman–Crippen MR) is 55.6 cm³/mol. The highest BCUT2D eigenvalue weighted by Gasteiger charge is 2.16. The number of nitrogens with one attached hydrogen (secondary N) is 1. The smallest absolute Gasteiger partial charge is 0.156 e. The summed E-state index contributed by atoms with van der Waals surface area (Å²) in [6, 6.07) is 3.83. The van der Waals surface area contributed by atoms with Gasteiger partial charge in [0.2, 0.25) is 0 Å². The summed E-state index contributed by atoms with van der Waals surface area (Å²) in [5, 5.41) is 4.06. The van der Waals surface area contributed by atoms with Gasteiger partial charge in [0.25, 0.3) is 0 Å². The van der Waals surface area contributed by atoms with Gasteiger partial charge >= 0.3 is 0 Å². The van der Waals surface area contributed by atoms with Crippen molar-refractivity contribution in [1.82, 2.24) is 14.7 Å². The lowest BCUT2D eigenvalue weighted by atomic mass is 10.2. The molecule has 72 valence electrons. The molecule has 0 unspecified atom stereocenters. The molecule has 1 N–H and O–H groups in total. The molecule has 2 aromatic heterocycles.